The first-order chi connectivity index (χ1) is 10.4. The van der Waals surface area contributed by atoms with Crippen molar-refractivity contribution >= 4 is 17.5 Å². The Bertz CT molecular complexity index is 756. The fraction of sp³-hybridized carbons (Fsp3) is 0.267. The molecule has 7 heteroatoms. The molecule has 0 saturated carbocycles. The van der Waals surface area contributed by atoms with Gasteiger partial charge in [0.1, 0.15) is 0 Å². The first kappa shape index (κ1) is 15.6. The molecule has 2 aromatic rings. The van der Waals surface area contributed by atoms with Crippen molar-refractivity contribution in [1.82, 2.24) is 9.55 Å². The molecule has 2 amide bonds. The van der Waals surface area contributed by atoms with Crippen LogP contribution in [0, 0.1) is 13.8 Å². The van der Waals surface area contributed by atoms with Crippen molar-refractivity contribution in [2.45, 2.75) is 26.8 Å². The van der Waals surface area contributed by atoms with Crippen LogP contribution in [-0.2, 0) is 11.3 Å². The molecule has 0 fully saturated rings. The topological polar surface area (TPSA) is 110 Å². The van der Waals surface area contributed by atoms with E-state index in [2.05, 4.69) is 10.3 Å². The summed E-state index contributed by atoms with van der Waals surface area (Å²) in [5.74, 6) is -0.729. The van der Waals surface area contributed by atoms with Crippen molar-refractivity contribution in [3.63, 3.8) is 0 Å². The Morgan fingerprint density at radius 2 is 1.86 bits per heavy atom. The van der Waals surface area contributed by atoms with Gasteiger partial charge in [-0.15, -0.1) is 0 Å². The number of carbonyl (C=O) groups is 2. The molecule has 1 heterocycles. The summed E-state index contributed by atoms with van der Waals surface area (Å²) in [5.41, 5.74) is 7.50. The number of primary amides is 1. The van der Waals surface area contributed by atoms with Gasteiger partial charge >= 0.3 is 5.69 Å². The molecule has 116 valence electrons. The number of anilines is 1. The minimum absolute atomic E-state index is 0.176. The predicted molar refractivity (Wildman–Crippen MR) is 82.7 cm³/mol. The van der Waals surface area contributed by atoms with Gasteiger partial charge in [0.25, 0.3) is 0 Å². The lowest BCUT2D eigenvalue weighted by Gasteiger charge is -2.07. The van der Waals surface area contributed by atoms with E-state index in [9.17, 15) is 14.4 Å². The highest BCUT2D eigenvalue weighted by Gasteiger charge is 2.09. The van der Waals surface area contributed by atoms with Crippen LogP contribution in [0.25, 0.3) is 0 Å². The van der Waals surface area contributed by atoms with Gasteiger partial charge in [-0.3, -0.25) is 14.2 Å². The molecule has 0 atom stereocenters. The van der Waals surface area contributed by atoms with E-state index in [1.54, 1.807) is 24.3 Å². The number of H-pyrrole nitrogens is 1. The monoisotopic (exact) mass is 302 g/mol. The summed E-state index contributed by atoms with van der Waals surface area (Å²) in [6.07, 6.45) is 0.176. The zero-order valence-electron chi connectivity index (χ0n) is 12.5. The van der Waals surface area contributed by atoms with Crippen molar-refractivity contribution in [2.75, 3.05) is 5.32 Å². The Balaban J connectivity index is 1.95. The van der Waals surface area contributed by atoms with E-state index in [0.29, 0.717) is 17.8 Å². The number of hydrogen-bond acceptors (Lipinski definition) is 3. The van der Waals surface area contributed by atoms with E-state index in [1.807, 2.05) is 13.8 Å². The number of aromatic nitrogens is 2. The van der Waals surface area contributed by atoms with Gasteiger partial charge in [0.15, 0.2) is 0 Å². The summed E-state index contributed by atoms with van der Waals surface area (Å²) >= 11 is 0. The Morgan fingerprint density at radius 1 is 1.23 bits per heavy atom. The number of rotatable bonds is 5. The summed E-state index contributed by atoms with van der Waals surface area (Å²) in [6.45, 7) is 3.95. The fourth-order valence-corrected chi connectivity index (χ4v) is 2.10. The standard InChI is InChI=1S/C15H18N4O3/c1-9-10(2)19(15(22)17-9)8-7-13(20)18-12-5-3-11(4-6-12)14(16)21/h3-6H,7-8H2,1-2H3,(H2,16,21)(H,17,22)(H,18,20). The van der Waals surface area contributed by atoms with E-state index in [-0.39, 0.29) is 18.0 Å². The highest BCUT2D eigenvalue weighted by Crippen LogP contribution is 2.10. The zero-order chi connectivity index (χ0) is 16.3. The Hall–Kier alpha value is -2.83. The minimum Gasteiger partial charge on any atom is -0.366 e. The van der Waals surface area contributed by atoms with Crippen LogP contribution in [0.5, 0.6) is 0 Å². The van der Waals surface area contributed by atoms with E-state index in [0.717, 1.165) is 11.4 Å². The highest BCUT2D eigenvalue weighted by molar-refractivity contribution is 5.94. The van der Waals surface area contributed by atoms with Crippen molar-refractivity contribution in [2.24, 2.45) is 5.73 Å². The summed E-state index contributed by atoms with van der Waals surface area (Å²) < 4.78 is 1.53. The molecule has 0 bridgehead atoms. The summed E-state index contributed by atoms with van der Waals surface area (Å²) in [6, 6.07) is 6.30. The fourth-order valence-electron chi connectivity index (χ4n) is 2.10. The van der Waals surface area contributed by atoms with Gasteiger partial charge in [0.2, 0.25) is 11.8 Å². The molecule has 0 radical (unpaired) electrons. The van der Waals surface area contributed by atoms with E-state index < -0.39 is 5.91 Å². The lowest BCUT2D eigenvalue weighted by atomic mass is 10.2. The van der Waals surface area contributed by atoms with Crippen LogP contribution in [0.4, 0.5) is 5.69 Å². The largest absolute Gasteiger partial charge is 0.366 e. The molecule has 22 heavy (non-hydrogen) atoms. The van der Waals surface area contributed by atoms with Crippen LogP contribution in [0.1, 0.15) is 28.2 Å². The lowest BCUT2D eigenvalue weighted by molar-refractivity contribution is -0.116. The molecular formula is C15H18N4O3. The number of nitrogens with two attached hydrogens (primary N) is 1. The number of amides is 2. The van der Waals surface area contributed by atoms with Crippen LogP contribution in [0.15, 0.2) is 29.1 Å². The van der Waals surface area contributed by atoms with E-state index in [4.69, 9.17) is 5.73 Å². The van der Waals surface area contributed by atoms with E-state index in [1.165, 1.54) is 4.57 Å². The highest BCUT2D eigenvalue weighted by atomic mass is 16.2. The first-order valence-electron chi connectivity index (χ1n) is 6.84. The summed E-state index contributed by atoms with van der Waals surface area (Å²) in [4.78, 5) is 37.2. The molecular weight excluding hydrogens is 284 g/mol. The number of hydrogen-bond donors (Lipinski definition) is 3. The van der Waals surface area contributed by atoms with Gasteiger partial charge in [-0.25, -0.2) is 4.79 Å². The SMILES string of the molecule is Cc1[nH]c(=O)n(CCC(=O)Nc2ccc(C(N)=O)cc2)c1C. The molecule has 0 unspecified atom stereocenters. The number of benzene rings is 1. The third kappa shape index (κ3) is 3.43. The average molecular weight is 302 g/mol. The van der Waals surface area contributed by atoms with Crippen LogP contribution in [0.3, 0.4) is 0 Å². The van der Waals surface area contributed by atoms with Gasteiger partial charge in [0, 0.05) is 35.6 Å². The predicted octanol–water partition coefficient (Wildman–Crippen LogP) is 0.921. The molecule has 0 saturated heterocycles. The maximum Gasteiger partial charge on any atom is 0.325 e. The Morgan fingerprint density at radius 3 is 2.36 bits per heavy atom. The molecule has 4 N–H and O–H groups in total. The third-order valence-corrected chi connectivity index (χ3v) is 3.50. The first-order valence-corrected chi connectivity index (χ1v) is 6.84. The Labute approximate surface area is 127 Å². The summed E-state index contributed by atoms with van der Waals surface area (Å²) in [7, 11) is 0. The zero-order valence-corrected chi connectivity index (χ0v) is 12.5. The number of nitrogens with zero attached hydrogens (tertiary/aromatic N) is 1. The maximum absolute atomic E-state index is 11.9. The second kappa shape index (κ2) is 6.30. The molecule has 1 aromatic heterocycles. The quantitative estimate of drug-likeness (QED) is 0.763. The average Bonchev–Trinajstić information content (AvgIpc) is 2.70. The Kier molecular flexibility index (Phi) is 4.45. The number of aromatic amines is 1. The summed E-state index contributed by atoms with van der Waals surface area (Å²) in [5, 5.41) is 2.71. The molecule has 0 aliphatic rings. The van der Waals surface area contributed by atoms with Crippen molar-refractivity contribution in [3.05, 3.63) is 51.7 Å². The lowest BCUT2D eigenvalue weighted by Crippen LogP contribution is -2.22. The van der Waals surface area contributed by atoms with Crippen molar-refractivity contribution in [1.29, 1.82) is 0 Å². The van der Waals surface area contributed by atoms with Crippen LogP contribution < -0.4 is 16.7 Å². The number of carbonyl (C=O) groups excluding carboxylic acids is 2. The van der Waals surface area contributed by atoms with Gasteiger partial charge in [-0.05, 0) is 38.1 Å². The number of imidazole rings is 1. The second-order valence-electron chi connectivity index (χ2n) is 5.03. The van der Waals surface area contributed by atoms with E-state index >= 15 is 0 Å². The molecule has 0 aliphatic carbocycles. The van der Waals surface area contributed by atoms with Crippen LogP contribution in [0.2, 0.25) is 0 Å². The molecule has 2 rings (SSSR count). The molecule has 7 nitrogen and oxygen atoms in total. The van der Waals surface area contributed by atoms with Gasteiger partial charge < -0.3 is 16.0 Å². The smallest absolute Gasteiger partial charge is 0.325 e. The molecule has 0 aliphatic heterocycles. The van der Waals surface area contributed by atoms with Gasteiger partial charge in [0.05, 0.1) is 0 Å². The normalized spacial score (nSPS) is 10.5. The maximum atomic E-state index is 11.9. The number of nitrogens with one attached hydrogen (secondary N) is 2. The second-order valence-corrected chi connectivity index (χ2v) is 5.03. The minimum atomic E-state index is -0.518. The van der Waals surface area contributed by atoms with Gasteiger partial charge in [-0.1, -0.05) is 0 Å². The van der Waals surface area contributed by atoms with Crippen LogP contribution >= 0.6 is 0 Å². The van der Waals surface area contributed by atoms with Gasteiger partial charge in [-0.2, -0.15) is 0 Å². The third-order valence-electron chi connectivity index (χ3n) is 3.50. The van der Waals surface area contributed by atoms with Crippen LogP contribution in [-0.4, -0.2) is 21.4 Å². The molecule has 1 aromatic carbocycles. The molecule has 0 spiro atoms. The van der Waals surface area contributed by atoms with Crippen molar-refractivity contribution < 1.29 is 9.59 Å². The number of aryl methyl sites for hydroxylation is 1. The van der Waals surface area contributed by atoms with Crippen molar-refractivity contribution in [3.8, 4) is 0 Å².